The molecular weight excluding hydrogens is 317 g/mol. The van der Waals surface area contributed by atoms with E-state index in [4.69, 9.17) is 11.6 Å². The first-order chi connectivity index (χ1) is 9.81. The first-order valence-corrected chi connectivity index (χ1v) is 7.75. The molecule has 0 radical (unpaired) electrons. The third-order valence-electron chi connectivity index (χ3n) is 2.75. The number of ketones is 1. The van der Waals surface area contributed by atoms with Crippen molar-refractivity contribution in [2.24, 2.45) is 0 Å². The summed E-state index contributed by atoms with van der Waals surface area (Å²) < 4.78 is 40.2. The second-order valence-electron chi connectivity index (χ2n) is 4.29. The highest BCUT2D eigenvalue weighted by Gasteiger charge is 2.20. The van der Waals surface area contributed by atoms with E-state index < -0.39 is 20.7 Å². The summed E-state index contributed by atoms with van der Waals surface area (Å²) in [7, 11) is -4.09. The maximum Gasteiger partial charge on any atom is 0.264 e. The Morgan fingerprint density at radius 1 is 1.14 bits per heavy atom. The second kappa shape index (κ2) is 5.83. The van der Waals surface area contributed by atoms with Crippen LogP contribution in [-0.2, 0) is 10.0 Å². The molecule has 0 aliphatic heterocycles. The molecule has 21 heavy (non-hydrogen) atoms. The summed E-state index contributed by atoms with van der Waals surface area (Å²) in [5.41, 5.74) is 0.672. The molecule has 7 heteroatoms. The van der Waals surface area contributed by atoms with Gasteiger partial charge in [-0.1, -0.05) is 17.7 Å². The number of nitrogens with one attached hydrogen (secondary N) is 1. The fourth-order valence-electron chi connectivity index (χ4n) is 1.67. The Hall–Kier alpha value is -1.92. The number of rotatable bonds is 4. The molecule has 0 atom stereocenters. The zero-order valence-corrected chi connectivity index (χ0v) is 12.5. The van der Waals surface area contributed by atoms with Crippen LogP contribution in [0.2, 0.25) is 5.02 Å². The van der Waals surface area contributed by atoms with Crippen LogP contribution in [0, 0.1) is 5.82 Å². The van der Waals surface area contributed by atoms with Crippen LogP contribution in [0.5, 0.6) is 0 Å². The van der Waals surface area contributed by atoms with E-state index in [-0.39, 0.29) is 16.5 Å². The van der Waals surface area contributed by atoms with Crippen molar-refractivity contribution >= 4 is 33.1 Å². The van der Waals surface area contributed by atoms with Gasteiger partial charge in [0.2, 0.25) is 0 Å². The van der Waals surface area contributed by atoms with Gasteiger partial charge in [-0.05, 0) is 43.3 Å². The Morgan fingerprint density at radius 2 is 1.76 bits per heavy atom. The van der Waals surface area contributed by atoms with Crippen molar-refractivity contribution in [2.75, 3.05) is 4.72 Å². The third kappa shape index (κ3) is 3.40. The Kier molecular flexibility index (Phi) is 4.29. The van der Waals surface area contributed by atoms with Crippen molar-refractivity contribution in [3.63, 3.8) is 0 Å². The van der Waals surface area contributed by atoms with Crippen LogP contribution in [0.1, 0.15) is 17.3 Å². The first-order valence-electron chi connectivity index (χ1n) is 5.89. The standard InChI is InChI=1S/C14H11ClFNO3S/c1-9(18)10-5-7-11(8-6-10)17-21(19,20)13-4-2-3-12(15)14(13)16/h2-8,17H,1H3. The van der Waals surface area contributed by atoms with Gasteiger partial charge < -0.3 is 0 Å². The van der Waals surface area contributed by atoms with Crippen molar-refractivity contribution < 1.29 is 17.6 Å². The van der Waals surface area contributed by atoms with Gasteiger partial charge in [0, 0.05) is 11.3 Å². The molecule has 0 heterocycles. The van der Waals surface area contributed by atoms with E-state index in [2.05, 4.69) is 4.72 Å². The number of carbonyl (C=O) groups excluding carboxylic acids is 1. The minimum Gasteiger partial charge on any atom is -0.295 e. The molecule has 0 spiro atoms. The maximum atomic E-state index is 13.8. The molecule has 110 valence electrons. The van der Waals surface area contributed by atoms with Gasteiger partial charge in [0.1, 0.15) is 4.90 Å². The molecule has 0 unspecified atom stereocenters. The molecule has 2 rings (SSSR count). The number of hydrogen-bond donors (Lipinski definition) is 1. The molecule has 1 N–H and O–H groups in total. The molecule has 0 bridgehead atoms. The minimum atomic E-state index is -4.09. The van der Waals surface area contributed by atoms with Crippen LogP contribution in [0.15, 0.2) is 47.4 Å². The van der Waals surface area contributed by atoms with Crippen molar-refractivity contribution in [3.8, 4) is 0 Å². The quantitative estimate of drug-likeness (QED) is 0.874. The van der Waals surface area contributed by atoms with E-state index in [1.165, 1.54) is 43.3 Å². The normalized spacial score (nSPS) is 11.2. The lowest BCUT2D eigenvalue weighted by atomic mass is 10.1. The van der Waals surface area contributed by atoms with Gasteiger partial charge in [-0.25, -0.2) is 12.8 Å². The lowest BCUT2D eigenvalue weighted by Gasteiger charge is -2.09. The number of benzene rings is 2. The molecule has 0 fully saturated rings. The lowest BCUT2D eigenvalue weighted by molar-refractivity contribution is 0.101. The van der Waals surface area contributed by atoms with Crippen LogP contribution in [0.3, 0.4) is 0 Å². The van der Waals surface area contributed by atoms with Crippen molar-refractivity contribution in [3.05, 3.63) is 58.9 Å². The Labute approximate surface area is 126 Å². The number of anilines is 1. The Balaban J connectivity index is 2.33. The number of halogens is 2. The van der Waals surface area contributed by atoms with Crippen LogP contribution in [0.4, 0.5) is 10.1 Å². The van der Waals surface area contributed by atoms with Gasteiger partial charge in [0.25, 0.3) is 10.0 Å². The summed E-state index contributed by atoms with van der Waals surface area (Å²) in [6.07, 6.45) is 0. The number of Topliss-reactive ketones (excluding diaryl/α,β-unsaturated/α-hetero) is 1. The van der Waals surface area contributed by atoms with Crippen LogP contribution in [-0.4, -0.2) is 14.2 Å². The Bertz CT molecular complexity index is 788. The van der Waals surface area contributed by atoms with Gasteiger partial charge >= 0.3 is 0 Å². The fraction of sp³-hybridized carbons (Fsp3) is 0.0714. The van der Waals surface area contributed by atoms with Gasteiger partial charge in [0.15, 0.2) is 11.6 Å². The van der Waals surface area contributed by atoms with Gasteiger partial charge in [0.05, 0.1) is 5.02 Å². The molecule has 0 amide bonds. The molecule has 4 nitrogen and oxygen atoms in total. The summed E-state index contributed by atoms with van der Waals surface area (Å²) in [4.78, 5) is 10.6. The summed E-state index contributed by atoms with van der Waals surface area (Å²) >= 11 is 5.57. The molecule has 0 saturated carbocycles. The maximum absolute atomic E-state index is 13.8. The Morgan fingerprint density at radius 3 is 2.33 bits per heavy atom. The van der Waals surface area contributed by atoms with Gasteiger partial charge in [-0.15, -0.1) is 0 Å². The van der Waals surface area contributed by atoms with Gasteiger partial charge in [-0.3, -0.25) is 9.52 Å². The van der Waals surface area contributed by atoms with E-state index >= 15 is 0 Å². The van der Waals surface area contributed by atoms with E-state index in [1.54, 1.807) is 0 Å². The second-order valence-corrected chi connectivity index (χ2v) is 6.35. The smallest absolute Gasteiger partial charge is 0.264 e. The van der Waals surface area contributed by atoms with Gasteiger partial charge in [-0.2, -0.15) is 0 Å². The lowest BCUT2D eigenvalue weighted by Crippen LogP contribution is -2.14. The number of carbonyl (C=O) groups is 1. The summed E-state index contributed by atoms with van der Waals surface area (Å²) in [6.45, 7) is 1.40. The highest BCUT2D eigenvalue weighted by Crippen LogP contribution is 2.24. The van der Waals surface area contributed by atoms with Crippen LogP contribution < -0.4 is 4.72 Å². The number of hydrogen-bond acceptors (Lipinski definition) is 3. The molecule has 0 saturated heterocycles. The van der Waals surface area contributed by atoms with E-state index in [0.29, 0.717) is 5.56 Å². The van der Waals surface area contributed by atoms with Crippen LogP contribution in [0.25, 0.3) is 0 Å². The average Bonchev–Trinajstić information content (AvgIpc) is 2.41. The first kappa shape index (κ1) is 15.5. The fourth-order valence-corrected chi connectivity index (χ4v) is 3.07. The van der Waals surface area contributed by atoms with Crippen LogP contribution >= 0.6 is 11.6 Å². The zero-order chi connectivity index (χ0) is 15.6. The molecule has 2 aromatic carbocycles. The number of sulfonamides is 1. The summed E-state index contributed by atoms with van der Waals surface area (Å²) in [6, 6.07) is 9.54. The highest BCUT2D eigenvalue weighted by atomic mass is 35.5. The van der Waals surface area contributed by atoms with Crippen molar-refractivity contribution in [1.82, 2.24) is 0 Å². The zero-order valence-electron chi connectivity index (χ0n) is 10.9. The van der Waals surface area contributed by atoms with Crippen molar-refractivity contribution in [1.29, 1.82) is 0 Å². The largest absolute Gasteiger partial charge is 0.295 e. The van der Waals surface area contributed by atoms with E-state index in [9.17, 15) is 17.6 Å². The topological polar surface area (TPSA) is 63.2 Å². The molecule has 0 aliphatic rings. The van der Waals surface area contributed by atoms with Crippen molar-refractivity contribution in [2.45, 2.75) is 11.8 Å². The minimum absolute atomic E-state index is 0.134. The average molecular weight is 328 g/mol. The molecular formula is C14H11ClFNO3S. The molecule has 0 aromatic heterocycles. The third-order valence-corrected chi connectivity index (χ3v) is 4.44. The summed E-state index contributed by atoms with van der Waals surface area (Å²) in [5, 5.41) is -0.273. The molecule has 2 aromatic rings. The van der Waals surface area contributed by atoms with E-state index in [1.807, 2.05) is 0 Å². The predicted octanol–water partition coefficient (Wildman–Crippen LogP) is 3.48. The van der Waals surface area contributed by atoms with E-state index in [0.717, 1.165) is 6.07 Å². The highest BCUT2D eigenvalue weighted by molar-refractivity contribution is 7.92. The predicted molar refractivity (Wildman–Crippen MR) is 78.7 cm³/mol. The molecule has 0 aliphatic carbocycles. The monoisotopic (exact) mass is 327 g/mol. The SMILES string of the molecule is CC(=O)c1ccc(NS(=O)(=O)c2cccc(Cl)c2F)cc1. The summed E-state index contributed by atoms with van der Waals surface area (Å²) in [5.74, 6) is -1.14.